The standard InChI is InChI=1S/C10H20BrNO2S/c1-9(2)15(13,14)6-5-12-4-3-10(7-11)8-12/h9-10H,3-8H2,1-2H3. The molecule has 1 heterocycles. The molecular formula is C10H20BrNO2S. The lowest BCUT2D eigenvalue weighted by Gasteiger charge is -2.16. The zero-order chi connectivity index (χ0) is 11.5. The van der Waals surface area contributed by atoms with Gasteiger partial charge in [-0.1, -0.05) is 15.9 Å². The topological polar surface area (TPSA) is 37.4 Å². The number of likely N-dealkylation sites (tertiary alicyclic amines) is 1. The first-order valence-electron chi connectivity index (χ1n) is 5.45. The maximum atomic E-state index is 11.6. The van der Waals surface area contributed by atoms with Gasteiger partial charge in [0.15, 0.2) is 9.84 Å². The van der Waals surface area contributed by atoms with E-state index in [1.54, 1.807) is 13.8 Å². The van der Waals surface area contributed by atoms with Crippen molar-refractivity contribution in [2.45, 2.75) is 25.5 Å². The van der Waals surface area contributed by atoms with Crippen molar-refractivity contribution in [3.05, 3.63) is 0 Å². The molecule has 0 saturated carbocycles. The van der Waals surface area contributed by atoms with Gasteiger partial charge in [-0.05, 0) is 32.7 Å². The van der Waals surface area contributed by atoms with E-state index in [-0.39, 0.29) is 5.25 Å². The van der Waals surface area contributed by atoms with Crippen LogP contribution in [0.5, 0.6) is 0 Å². The van der Waals surface area contributed by atoms with Gasteiger partial charge in [-0.3, -0.25) is 0 Å². The summed E-state index contributed by atoms with van der Waals surface area (Å²) in [6.07, 6.45) is 1.19. The Labute approximate surface area is 101 Å². The molecule has 1 fully saturated rings. The second-order valence-electron chi connectivity index (χ2n) is 4.53. The maximum Gasteiger partial charge on any atom is 0.153 e. The van der Waals surface area contributed by atoms with Gasteiger partial charge in [0.2, 0.25) is 0 Å². The van der Waals surface area contributed by atoms with Crippen molar-refractivity contribution in [3.63, 3.8) is 0 Å². The van der Waals surface area contributed by atoms with E-state index in [1.807, 2.05) is 0 Å². The number of halogens is 1. The van der Waals surface area contributed by atoms with Crippen LogP contribution in [0.2, 0.25) is 0 Å². The zero-order valence-electron chi connectivity index (χ0n) is 9.45. The summed E-state index contributed by atoms with van der Waals surface area (Å²) in [4.78, 5) is 2.26. The Bertz CT molecular complexity index is 290. The van der Waals surface area contributed by atoms with E-state index in [9.17, 15) is 8.42 Å². The minimum absolute atomic E-state index is 0.243. The predicted octanol–water partition coefficient (Wildman–Crippen LogP) is 1.53. The Morgan fingerprint density at radius 1 is 1.47 bits per heavy atom. The normalized spacial score (nSPS) is 23.9. The second kappa shape index (κ2) is 5.64. The molecule has 1 saturated heterocycles. The van der Waals surface area contributed by atoms with Crippen molar-refractivity contribution in [3.8, 4) is 0 Å². The third kappa shape index (κ3) is 4.04. The first-order valence-corrected chi connectivity index (χ1v) is 8.29. The third-order valence-electron chi connectivity index (χ3n) is 3.00. The van der Waals surface area contributed by atoms with Crippen molar-refractivity contribution < 1.29 is 8.42 Å². The number of alkyl halides is 1. The Morgan fingerprint density at radius 3 is 2.60 bits per heavy atom. The highest BCUT2D eigenvalue weighted by Crippen LogP contribution is 2.18. The van der Waals surface area contributed by atoms with Crippen LogP contribution in [0.4, 0.5) is 0 Å². The van der Waals surface area contributed by atoms with E-state index < -0.39 is 9.84 Å². The van der Waals surface area contributed by atoms with Crippen molar-refractivity contribution in [1.29, 1.82) is 0 Å². The molecule has 1 atom stereocenters. The van der Waals surface area contributed by atoms with Crippen LogP contribution in [0.15, 0.2) is 0 Å². The number of hydrogen-bond donors (Lipinski definition) is 0. The van der Waals surface area contributed by atoms with Gasteiger partial charge in [0.25, 0.3) is 0 Å². The molecule has 1 unspecified atom stereocenters. The fourth-order valence-corrected chi connectivity index (χ4v) is 3.25. The Balaban J connectivity index is 2.33. The van der Waals surface area contributed by atoms with E-state index in [4.69, 9.17) is 0 Å². The number of sulfone groups is 1. The fraction of sp³-hybridized carbons (Fsp3) is 1.00. The second-order valence-corrected chi connectivity index (χ2v) is 7.85. The van der Waals surface area contributed by atoms with Crippen LogP contribution in [0.3, 0.4) is 0 Å². The molecule has 0 amide bonds. The highest BCUT2D eigenvalue weighted by molar-refractivity contribution is 9.09. The van der Waals surface area contributed by atoms with Crippen LogP contribution < -0.4 is 0 Å². The molecule has 0 aromatic rings. The molecule has 90 valence electrons. The van der Waals surface area contributed by atoms with Gasteiger partial charge < -0.3 is 4.90 Å². The van der Waals surface area contributed by atoms with Crippen LogP contribution in [0.1, 0.15) is 20.3 Å². The average Bonchev–Trinajstić information content (AvgIpc) is 2.62. The minimum atomic E-state index is -2.86. The lowest BCUT2D eigenvalue weighted by atomic mass is 10.2. The molecule has 0 aromatic heterocycles. The Morgan fingerprint density at radius 2 is 2.13 bits per heavy atom. The lowest BCUT2D eigenvalue weighted by Crippen LogP contribution is -2.30. The molecule has 5 heteroatoms. The van der Waals surface area contributed by atoms with Crippen molar-refractivity contribution in [2.24, 2.45) is 5.92 Å². The van der Waals surface area contributed by atoms with Gasteiger partial charge in [0.05, 0.1) is 11.0 Å². The number of hydrogen-bond acceptors (Lipinski definition) is 3. The third-order valence-corrected chi connectivity index (χ3v) is 6.10. The maximum absolute atomic E-state index is 11.6. The average molecular weight is 298 g/mol. The van der Waals surface area contributed by atoms with Gasteiger partial charge in [-0.2, -0.15) is 0 Å². The zero-order valence-corrected chi connectivity index (χ0v) is 11.8. The van der Waals surface area contributed by atoms with E-state index in [1.165, 1.54) is 6.42 Å². The molecule has 0 aliphatic carbocycles. The summed E-state index contributed by atoms with van der Waals surface area (Å²) in [6, 6.07) is 0. The largest absolute Gasteiger partial charge is 0.302 e. The van der Waals surface area contributed by atoms with Gasteiger partial charge in [-0.15, -0.1) is 0 Å². The van der Waals surface area contributed by atoms with Gasteiger partial charge in [0, 0.05) is 18.4 Å². The number of nitrogens with zero attached hydrogens (tertiary/aromatic N) is 1. The monoisotopic (exact) mass is 297 g/mol. The Hall–Kier alpha value is 0.390. The van der Waals surface area contributed by atoms with Crippen LogP contribution in [0, 0.1) is 5.92 Å². The minimum Gasteiger partial charge on any atom is -0.302 e. The summed E-state index contributed by atoms with van der Waals surface area (Å²) in [6.45, 7) is 6.29. The van der Waals surface area contributed by atoms with Crippen LogP contribution in [-0.2, 0) is 9.84 Å². The van der Waals surface area contributed by atoms with E-state index in [2.05, 4.69) is 20.8 Å². The van der Waals surface area contributed by atoms with Gasteiger partial charge in [-0.25, -0.2) is 8.42 Å². The molecule has 1 aliphatic heterocycles. The molecular weight excluding hydrogens is 278 g/mol. The van der Waals surface area contributed by atoms with Crippen molar-refractivity contribution in [2.75, 3.05) is 30.7 Å². The summed E-state index contributed by atoms with van der Waals surface area (Å²) in [7, 11) is -2.86. The van der Waals surface area contributed by atoms with Crippen LogP contribution in [0.25, 0.3) is 0 Å². The summed E-state index contributed by atoms with van der Waals surface area (Å²) in [5.41, 5.74) is 0. The molecule has 1 rings (SSSR count). The Kier molecular flexibility index (Phi) is 5.06. The van der Waals surface area contributed by atoms with Gasteiger partial charge in [0.1, 0.15) is 0 Å². The summed E-state index contributed by atoms with van der Waals surface area (Å²) in [5.74, 6) is 1.01. The molecule has 1 aliphatic rings. The molecule has 0 spiro atoms. The SMILES string of the molecule is CC(C)S(=O)(=O)CCN1CCC(CBr)C1. The quantitative estimate of drug-likeness (QED) is 0.722. The number of rotatable bonds is 5. The molecule has 0 radical (unpaired) electrons. The molecule has 0 aromatic carbocycles. The molecule has 15 heavy (non-hydrogen) atoms. The van der Waals surface area contributed by atoms with E-state index in [0.29, 0.717) is 18.2 Å². The molecule has 0 bridgehead atoms. The van der Waals surface area contributed by atoms with Crippen molar-refractivity contribution in [1.82, 2.24) is 4.90 Å². The summed E-state index contributed by atoms with van der Waals surface area (Å²) < 4.78 is 23.2. The molecule has 0 N–H and O–H groups in total. The first kappa shape index (κ1) is 13.5. The summed E-state index contributed by atoms with van der Waals surface area (Å²) in [5, 5.41) is 0.785. The van der Waals surface area contributed by atoms with Crippen molar-refractivity contribution >= 4 is 25.8 Å². The highest BCUT2D eigenvalue weighted by Gasteiger charge is 2.23. The fourth-order valence-electron chi connectivity index (χ4n) is 1.73. The molecule has 3 nitrogen and oxygen atoms in total. The van der Waals surface area contributed by atoms with E-state index in [0.717, 1.165) is 18.4 Å². The lowest BCUT2D eigenvalue weighted by molar-refractivity contribution is 0.347. The predicted molar refractivity (Wildman–Crippen MR) is 67.3 cm³/mol. The van der Waals surface area contributed by atoms with Crippen LogP contribution >= 0.6 is 15.9 Å². The first-order chi connectivity index (χ1) is 6.95. The van der Waals surface area contributed by atoms with E-state index >= 15 is 0 Å². The summed E-state index contributed by atoms with van der Waals surface area (Å²) >= 11 is 3.47. The van der Waals surface area contributed by atoms with Gasteiger partial charge >= 0.3 is 0 Å². The highest BCUT2D eigenvalue weighted by atomic mass is 79.9. The smallest absolute Gasteiger partial charge is 0.153 e. The van der Waals surface area contributed by atoms with Crippen LogP contribution in [-0.4, -0.2) is 49.3 Å².